The van der Waals surface area contributed by atoms with Gasteiger partial charge in [0.05, 0.1) is 17.9 Å². The number of halogens is 1. The molecule has 2 aromatic carbocycles. The molecule has 1 N–H and O–H groups in total. The average Bonchev–Trinajstić information content (AvgIpc) is 2.79. The maximum Gasteiger partial charge on any atom is 0.224 e. The smallest absolute Gasteiger partial charge is 0.224 e. The Kier molecular flexibility index (Phi) is 6.72. The molecule has 5 nitrogen and oxygen atoms in total. The molecule has 154 valence electrons. The summed E-state index contributed by atoms with van der Waals surface area (Å²) in [6, 6.07) is 17.6. The number of carbonyl (C=O) groups is 1. The molecule has 4 rings (SSSR count). The third-order valence-electron chi connectivity index (χ3n) is 5.55. The molecule has 3 aromatic rings. The minimum Gasteiger partial charge on any atom is -0.343 e. The Bertz CT molecular complexity index is 920. The van der Waals surface area contributed by atoms with Gasteiger partial charge in [-0.05, 0) is 49.2 Å². The number of amides is 1. The van der Waals surface area contributed by atoms with E-state index < -0.39 is 0 Å². The fourth-order valence-corrected chi connectivity index (χ4v) is 4.15. The van der Waals surface area contributed by atoms with Gasteiger partial charge in [0.15, 0.2) is 0 Å². The van der Waals surface area contributed by atoms with Crippen molar-refractivity contribution in [3.63, 3.8) is 0 Å². The van der Waals surface area contributed by atoms with E-state index in [2.05, 4.69) is 26.3 Å². The number of rotatable bonds is 6. The number of hydrogen-bond donors (Lipinski definition) is 1. The Morgan fingerprint density at radius 2 is 1.90 bits per heavy atom. The van der Waals surface area contributed by atoms with Crippen LogP contribution in [0.1, 0.15) is 35.7 Å². The Morgan fingerprint density at radius 3 is 2.60 bits per heavy atom. The number of benzene rings is 2. The van der Waals surface area contributed by atoms with Crippen molar-refractivity contribution in [1.29, 1.82) is 0 Å². The molecular weight excluding hydrogens is 396 g/mol. The molecule has 0 radical (unpaired) electrons. The first-order chi connectivity index (χ1) is 14.7. The lowest BCUT2D eigenvalue weighted by Crippen LogP contribution is -2.41. The van der Waals surface area contributed by atoms with Crippen molar-refractivity contribution in [2.75, 3.05) is 13.1 Å². The normalized spacial score (nSPS) is 16.2. The molecule has 1 aromatic heterocycles. The standard InChI is InChI=1S/C24H25ClN4O/c25-21-8-4-5-18(15-21)17-29-13-9-20(10-14-29)24(30)28-23(19-6-2-1-3-7-19)22-16-26-11-12-27-22/h1-8,11-12,15-16,20,23H,9-10,13-14,17H2,(H,28,30). The van der Waals surface area contributed by atoms with E-state index in [1.165, 1.54) is 5.56 Å². The fourth-order valence-electron chi connectivity index (χ4n) is 3.94. The summed E-state index contributed by atoms with van der Waals surface area (Å²) in [6.45, 7) is 2.65. The van der Waals surface area contributed by atoms with Gasteiger partial charge in [-0.15, -0.1) is 0 Å². The van der Waals surface area contributed by atoms with Gasteiger partial charge in [0.25, 0.3) is 0 Å². The van der Waals surface area contributed by atoms with Crippen LogP contribution in [-0.4, -0.2) is 33.9 Å². The maximum absolute atomic E-state index is 13.1. The molecule has 0 spiro atoms. The summed E-state index contributed by atoms with van der Waals surface area (Å²) in [5.74, 6) is 0.0837. The van der Waals surface area contributed by atoms with Crippen molar-refractivity contribution in [3.05, 3.63) is 95.0 Å². The second-order valence-electron chi connectivity index (χ2n) is 7.66. The van der Waals surface area contributed by atoms with Crippen LogP contribution in [-0.2, 0) is 11.3 Å². The first-order valence-electron chi connectivity index (χ1n) is 10.3. The lowest BCUT2D eigenvalue weighted by Gasteiger charge is -2.32. The molecule has 30 heavy (non-hydrogen) atoms. The lowest BCUT2D eigenvalue weighted by atomic mass is 9.94. The van der Waals surface area contributed by atoms with Crippen LogP contribution in [0.15, 0.2) is 73.2 Å². The number of hydrogen-bond acceptors (Lipinski definition) is 4. The number of likely N-dealkylation sites (tertiary alicyclic amines) is 1. The van der Waals surface area contributed by atoms with Gasteiger partial charge in [0.2, 0.25) is 5.91 Å². The SMILES string of the molecule is O=C(NC(c1ccccc1)c1cnccn1)C1CCN(Cc2cccc(Cl)c2)CC1. The lowest BCUT2D eigenvalue weighted by molar-refractivity contribution is -0.127. The van der Waals surface area contributed by atoms with E-state index in [0.717, 1.165) is 48.8 Å². The largest absolute Gasteiger partial charge is 0.343 e. The van der Waals surface area contributed by atoms with E-state index in [0.29, 0.717) is 0 Å². The third-order valence-corrected chi connectivity index (χ3v) is 5.79. The van der Waals surface area contributed by atoms with E-state index in [-0.39, 0.29) is 17.9 Å². The van der Waals surface area contributed by atoms with Gasteiger partial charge in [-0.25, -0.2) is 0 Å². The molecule has 1 fully saturated rings. The van der Waals surface area contributed by atoms with Crippen LogP contribution in [0.3, 0.4) is 0 Å². The van der Waals surface area contributed by atoms with E-state index in [4.69, 9.17) is 11.6 Å². The molecule has 1 atom stereocenters. The van der Waals surface area contributed by atoms with E-state index in [1.807, 2.05) is 48.5 Å². The van der Waals surface area contributed by atoms with E-state index in [9.17, 15) is 4.79 Å². The summed E-state index contributed by atoms with van der Waals surface area (Å²) < 4.78 is 0. The summed E-state index contributed by atoms with van der Waals surface area (Å²) in [4.78, 5) is 24.1. The number of nitrogens with one attached hydrogen (secondary N) is 1. The summed E-state index contributed by atoms with van der Waals surface area (Å²) >= 11 is 6.10. The number of aromatic nitrogens is 2. The van der Waals surface area contributed by atoms with Crippen molar-refractivity contribution in [1.82, 2.24) is 20.2 Å². The quantitative estimate of drug-likeness (QED) is 0.647. The van der Waals surface area contributed by atoms with Gasteiger partial charge < -0.3 is 5.32 Å². The van der Waals surface area contributed by atoms with Gasteiger partial charge in [0, 0.05) is 29.9 Å². The molecule has 0 bridgehead atoms. The third kappa shape index (κ3) is 5.23. The summed E-state index contributed by atoms with van der Waals surface area (Å²) in [6.07, 6.45) is 6.70. The van der Waals surface area contributed by atoms with Gasteiger partial charge in [-0.1, -0.05) is 54.1 Å². The summed E-state index contributed by atoms with van der Waals surface area (Å²) in [7, 11) is 0. The maximum atomic E-state index is 13.1. The Labute approximate surface area is 182 Å². The van der Waals surface area contributed by atoms with Crippen molar-refractivity contribution in [2.45, 2.75) is 25.4 Å². The van der Waals surface area contributed by atoms with Crippen LogP contribution in [0.5, 0.6) is 0 Å². The van der Waals surface area contributed by atoms with E-state index >= 15 is 0 Å². The van der Waals surface area contributed by atoms with Gasteiger partial charge >= 0.3 is 0 Å². The number of carbonyl (C=O) groups excluding carboxylic acids is 1. The average molecular weight is 421 g/mol. The summed E-state index contributed by atoms with van der Waals surface area (Å²) in [5.41, 5.74) is 2.96. The molecule has 1 unspecified atom stereocenters. The van der Waals surface area contributed by atoms with Crippen LogP contribution in [0, 0.1) is 5.92 Å². The highest BCUT2D eigenvalue weighted by atomic mass is 35.5. The number of nitrogens with zero attached hydrogens (tertiary/aromatic N) is 3. The molecule has 1 amide bonds. The first kappa shape index (κ1) is 20.5. The zero-order valence-corrected chi connectivity index (χ0v) is 17.5. The molecule has 0 saturated carbocycles. The monoisotopic (exact) mass is 420 g/mol. The zero-order chi connectivity index (χ0) is 20.8. The second-order valence-corrected chi connectivity index (χ2v) is 8.10. The van der Waals surface area contributed by atoms with Crippen LogP contribution < -0.4 is 5.32 Å². The molecule has 6 heteroatoms. The zero-order valence-electron chi connectivity index (χ0n) is 16.7. The van der Waals surface area contributed by atoms with Crippen LogP contribution in [0.4, 0.5) is 0 Å². The highest BCUT2D eigenvalue weighted by Crippen LogP contribution is 2.24. The Morgan fingerprint density at radius 1 is 1.10 bits per heavy atom. The highest BCUT2D eigenvalue weighted by Gasteiger charge is 2.28. The Balaban J connectivity index is 1.38. The number of piperidine rings is 1. The van der Waals surface area contributed by atoms with E-state index in [1.54, 1.807) is 18.6 Å². The van der Waals surface area contributed by atoms with Crippen molar-refractivity contribution in [2.24, 2.45) is 5.92 Å². The highest BCUT2D eigenvalue weighted by molar-refractivity contribution is 6.30. The molecule has 2 heterocycles. The Hall–Kier alpha value is -2.76. The molecule has 1 saturated heterocycles. The van der Waals surface area contributed by atoms with Crippen molar-refractivity contribution in [3.8, 4) is 0 Å². The van der Waals surface area contributed by atoms with Crippen LogP contribution >= 0.6 is 11.6 Å². The van der Waals surface area contributed by atoms with Gasteiger partial charge in [-0.3, -0.25) is 19.7 Å². The van der Waals surface area contributed by atoms with Gasteiger partial charge in [0.1, 0.15) is 0 Å². The molecular formula is C24H25ClN4O. The van der Waals surface area contributed by atoms with Crippen molar-refractivity contribution >= 4 is 17.5 Å². The van der Waals surface area contributed by atoms with Crippen LogP contribution in [0.25, 0.3) is 0 Å². The minimum atomic E-state index is -0.295. The van der Waals surface area contributed by atoms with Crippen molar-refractivity contribution < 1.29 is 4.79 Å². The van der Waals surface area contributed by atoms with Gasteiger partial charge in [-0.2, -0.15) is 0 Å². The molecule has 1 aliphatic rings. The first-order valence-corrected chi connectivity index (χ1v) is 10.6. The second kappa shape index (κ2) is 9.83. The van der Waals surface area contributed by atoms with Crippen LogP contribution in [0.2, 0.25) is 5.02 Å². The predicted octanol–water partition coefficient (Wildman–Crippen LogP) is 4.25. The summed E-state index contributed by atoms with van der Waals surface area (Å²) in [5, 5.41) is 3.98. The minimum absolute atomic E-state index is 0.00324. The molecule has 0 aliphatic carbocycles. The fraction of sp³-hybridized carbons (Fsp3) is 0.292. The predicted molar refractivity (Wildman–Crippen MR) is 118 cm³/mol. The molecule has 1 aliphatic heterocycles. The topological polar surface area (TPSA) is 58.1 Å².